The molecule has 0 bridgehead atoms. The van der Waals surface area contributed by atoms with Gasteiger partial charge in [-0.3, -0.25) is 0 Å². The third-order valence-electron chi connectivity index (χ3n) is 3.18. The molecule has 5 heteroatoms. The highest BCUT2D eigenvalue weighted by molar-refractivity contribution is 6.31. The van der Waals surface area contributed by atoms with Crippen LogP contribution in [0.4, 0.5) is 8.78 Å². The van der Waals surface area contributed by atoms with Crippen LogP contribution < -0.4 is 5.32 Å². The summed E-state index contributed by atoms with van der Waals surface area (Å²) in [6, 6.07) is 7.18. The van der Waals surface area contributed by atoms with Crippen LogP contribution in [0.5, 0.6) is 0 Å². The van der Waals surface area contributed by atoms with Crippen molar-refractivity contribution in [2.75, 3.05) is 7.05 Å². The number of nitrogens with one attached hydrogen (secondary N) is 1. The molecule has 0 radical (unpaired) electrons. The molecule has 0 spiro atoms. The van der Waals surface area contributed by atoms with Gasteiger partial charge in [0.05, 0.1) is 6.04 Å². The van der Waals surface area contributed by atoms with Gasteiger partial charge in [-0.25, -0.2) is 8.78 Å². The summed E-state index contributed by atoms with van der Waals surface area (Å²) in [4.78, 5) is 0. The number of aryl methyl sites for hydroxylation is 1. The smallest absolute Gasteiger partial charge is 0.160 e. The molecule has 106 valence electrons. The summed E-state index contributed by atoms with van der Waals surface area (Å²) in [6.07, 6.45) is 0. The van der Waals surface area contributed by atoms with Crippen molar-refractivity contribution in [1.29, 1.82) is 0 Å². The zero-order valence-electron chi connectivity index (χ0n) is 11.0. The molecule has 1 atom stereocenters. The van der Waals surface area contributed by atoms with Crippen LogP contribution in [0.1, 0.15) is 22.7 Å². The lowest BCUT2D eigenvalue weighted by Crippen LogP contribution is -2.19. The van der Waals surface area contributed by atoms with Gasteiger partial charge in [0, 0.05) is 10.0 Å². The number of rotatable bonds is 3. The molecule has 0 aliphatic carbocycles. The second-order valence-electron chi connectivity index (χ2n) is 4.51. The number of hydrogen-bond donors (Lipinski definition) is 1. The first-order valence-electron chi connectivity index (χ1n) is 6.01. The predicted octanol–water partition coefficient (Wildman–Crippen LogP) is 4.89. The van der Waals surface area contributed by atoms with Crippen LogP contribution in [0.25, 0.3) is 0 Å². The van der Waals surface area contributed by atoms with Crippen molar-refractivity contribution in [3.05, 3.63) is 68.7 Å². The maximum absolute atomic E-state index is 13.5. The number of hydrogen-bond acceptors (Lipinski definition) is 1. The Balaban J connectivity index is 2.55. The molecule has 1 nitrogen and oxygen atoms in total. The quantitative estimate of drug-likeness (QED) is 0.795. The maximum atomic E-state index is 13.5. The minimum absolute atomic E-state index is 0.178. The van der Waals surface area contributed by atoms with Crippen LogP contribution in [0.15, 0.2) is 30.3 Å². The highest BCUT2D eigenvalue weighted by atomic mass is 35.5. The Kier molecular flexibility index (Phi) is 4.63. The summed E-state index contributed by atoms with van der Waals surface area (Å²) in [5.74, 6) is -1.88. The Bertz CT molecular complexity index is 644. The van der Waals surface area contributed by atoms with Gasteiger partial charge < -0.3 is 5.32 Å². The summed E-state index contributed by atoms with van der Waals surface area (Å²) in [5.41, 5.74) is 2.33. The molecule has 0 aliphatic heterocycles. The molecular weight excluding hydrogens is 303 g/mol. The average molecular weight is 316 g/mol. The lowest BCUT2D eigenvalue weighted by Gasteiger charge is -2.21. The van der Waals surface area contributed by atoms with E-state index in [-0.39, 0.29) is 11.1 Å². The van der Waals surface area contributed by atoms with Crippen molar-refractivity contribution in [2.24, 2.45) is 0 Å². The number of halogens is 4. The van der Waals surface area contributed by atoms with Gasteiger partial charge in [-0.1, -0.05) is 29.3 Å². The minimum atomic E-state index is -0.957. The van der Waals surface area contributed by atoms with Crippen LogP contribution >= 0.6 is 23.2 Å². The molecule has 2 aromatic rings. The van der Waals surface area contributed by atoms with Gasteiger partial charge in [0.25, 0.3) is 0 Å². The summed E-state index contributed by atoms with van der Waals surface area (Å²) >= 11 is 12.0. The van der Waals surface area contributed by atoms with Gasteiger partial charge in [0.1, 0.15) is 0 Å². The van der Waals surface area contributed by atoms with E-state index in [0.29, 0.717) is 10.6 Å². The molecular formula is C15H13Cl2F2N. The summed E-state index contributed by atoms with van der Waals surface area (Å²) in [6.45, 7) is 1.90. The highest BCUT2D eigenvalue weighted by Gasteiger charge is 2.19. The van der Waals surface area contributed by atoms with Gasteiger partial charge >= 0.3 is 0 Å². The lowest BCUT2D eigenvalue weighted by atomic mass is 9.95. The normalized spacial score (nSPS) is 12.5. The first-order chi connectivity index (χ1) is 9.43. The van der Waals surface area contributed by atoms with Gasteiger partial charge in [0.15, 0.2) is 11.6 Å². The Labute approximate surface area is 126 Å². The maximum Gasteiger partial charge on any atom is 0.160 e. The SMILES string of the molecule is CNC(c1ccc(Cl)cc1C)c1cc(F)c(F)cc1Cl. The molecule has 20 heavy (non-hydrogen) atoms. The van der Waals surface area contributed by atoms with Crippen molar-refractivity contribution in [3.63, 3.8) is 0 Å². The third kappa shape index (κ3) is 2.95. The fraction of sp³-hybridized carbons (Fsp3) is 0.200. The molecule has 2 aromatic carbocycles. The van der Waals surface area contributed by atoms with Gasteiger partial charge in [-0.2, -0.15) is 0 Å². The molecule has 1 unspecified atom stereocenters. The van der Waals surface area contributed by atoms with E-state index < -0.39 is 11.6 Å². The van der Waals surface area contributed by atoms with E-state index in [1.807, 2.05) is 19.1 Å². The molecule has 1 N–H and O–H groups in total. The van der Waals surface area contributed by atoms with Crippen molar-refractivity contribution in [3.8, 4) is 0 Å². The fourth-order valence-corrected chi connectivity index (χ4v) is 2.69. The Morgan fingerprint density at radius 3 is 2.25 bits per heavy atom. The van der Waals surface area contributed by atoms with Crippen LogP contribution in [-0.2, 0) is 0 Å². The second kappa shape index (κ2) is 6.08. The third-order valence-corrected chi connectivity index (χ3v) is 3.74. The van der Waals surface area contributed by atoms with Crippen molar-refractivity contribution < 1.29 is 8.78 Å². The van der Waals surface area contributed by atoms with E-state index in [4.69, 9.17) is 23.2 Å². The Morgan fingerprint density at radius 2 is 1.65 bits per heavy atom. The van der Waals surface area contributed by atoms with Gasteiger partial charge in [-0.15, -0.1) is 0 Å². The molecule has 0 saturated carbocycles. The number of benzene rings is 2. The molecule has 0 heterocycles. The van der Waals surface area contributed by atoms with E-state index in [1.54, 1.807) is 13.1 Å². The Hall–Kier alpha value is -1.16. The zero-order chi connectivity index (χ0) is 14.9. The molecule has 0 amide bonds. The largest absolute Gasteiger partial charge is 0.309 e. The van der Waals surface area contributed by atoms with E-state index in [1.165, 1.54) is 0 Å². The van der Waals surface area contributed by atoms with E-state index in [2.05, 4.69) is 5.32 Å². The molecule has 0 fully saturated rings. The predicted molar refractivity (Wildman–Crippen MR) is 78.5 cm³/mol. The average Bonchev–Trinajstić information content (AvgIpc) is 2.38. The lowest BCUT2D eigenvalue weighted by molar-refractivity contribution is 0.505. The summed E-state index contributed by atoms with van der Waals surface area (Å²) < 4.78 is 26.6. The van der Waals surface area contributed by atoms with E-state index >= 15 is 0 Å². The minimum Gasteiger partial charge on any atom is -0.309 e. The van der Waals surface area contributed by atoms with Crippen molar-refractivity contribution in [1.82, 2.24) is 5.32 Å². The highest BCUT2D eigenvalue weighted by Crippen LogP contribution is 2.32. The van der Waals surface area contributed by atoms with E-state index in [9.17, 15) is 8.78 Å². The first kappa shape index (κ1) is 15.2. The standard InChI is InChI=1S/C15H13Cl2F2N/c1-8-5-9(16)3-4-10(8)15(20-2)11-6-13(18)14(19)7-12(11)17/h3-7,15,20H,1-2H3. The molecule has 2 rings (SSSR count). The van der Waals surface area contributed by atoms with Gasteiger partial charge in [0.2, 0.25) is 0 Å². The zero-order valence-corrected chi connectivity index (χ0v) is 12.5. The van der Waals surface area contributed by atoms with Crippen LogP contribution in [0, 0.1) is 18.6 Å². The summed E-state index contributed by atoms with van der Waals surface area (Å²) in [7, 11) is 1.73. The second-order valence-corrected chi connectivity index (χ2v) is 5.35. The fourth-order valence-electron chi connectivity index (χ4n) is 2.20. The van der Waals surface area contributed by atoms with Gasteiger partial charge in [-0.05, 0) is 54.9 Å². The molecule has 0 saturated heterocycles. The molecule has 0 aliphatic rings. The first-order valence-corrected chi connectivity index (χ1v) is 6.77. The van der Waals surface area contributed by atoms with Crippen LogP contribution in [0.3, 0.4) is 0 Å². The van der Waals surface area contributed by atoms with Crippen LogP contribution in [0.2, 0.25) is 10.0 Å². The molecule has 0 aromatic heterocycles. The van der Waals surface area contributed by atoms with E-state index in [0.717, 1.165) is 23.3 Å². The van der Waals surface area contributed by atoms with Crippen molar-refractivity contribution >= 4 is 23.2 Å². The monoisotopic (exact) mass is 315 g/mol. The Morgan fingerprint density at radius 1 is 1.00 bits per heavy atom. The summed E-state index contributed by atoms with van der Waals surface area (Å²) in [5, 5.41) is 3.87. The topological polar surface area (TPSA) is 12.0 Å². The van der Waals surface area contributed by atoms with Crippen LogP contribution in [-0.4, -0.2) is 7.05 Å². The van der Waals surface area contributed by atoms with Crippen molar-refractivity contribution in [2.45, 2.75) is 13.0 Å².